The summed E-state index contributed by atoms with van der Waals surface area (Å²) < 4.78 is 0. The van der Waals surface area contributed by atoms with Gasteiger partial charge >= 0.3 is 0 Å². The monoisotopic (exact) mass is 309 g/mol. The van der Waals surface area contributed by atoms with E-state index in [0.717, 1.165) is 25.8 Å². The molecule has 122 valence electrons. The van der Waals surface area contributed by atoms with Crippen molar-refractivity contribution in [3.63, 3.8) is 0 Å². The Kier molecular flexibility index (Phi) is 5.09. The zero-order valence-electron chi connectivity index (χ0n) is 13.9. The number of hydrogen-bond donors (Lipinski definition) is 2. The summed E-state index contributed by atoms with van der Waals surface area (Å²) in [6, 6.07) is 15.9. The lowest BCUT2D eigenvalue weighted by molar-refractivity contribution is 0.162. The Hall–Kier alpha value is -1.71. The van der Waals surface area contributed by atoms with E-state index < -0.39 is 0 Å². The summed E-state index contributed by atoms with van der Waals surface area (Å²) in [5, 5.41) is 3.83. The average Bonchev–Trinajstić information content (AvgIpc) is 2.58. The molecule has 3 N–H and O–H groups in total. The van der Waals surface area contributed by atoms with Gasteiger partial charge in [0.25, 0.3) is 0 Å². The Morgan fingerprint density at radius 3 is 2.61 bits per heavy atom. The van der Waals surface area contributed by atoms with Crippen molar-refractivity contribution in [3.05, 3.63) is 66.0 Å². The van der Waals surface area contributed by atoms with E-state index in [4.69, 9.17) is 5.73 Å². The highest BCUT2D eigenvalue weighted by Crippen LogP contribution is 2.44. The van der Waals surface area contributed by atoms with Crippen LogP contribution in [0.4, 0.5) is 0 Å². The Bertz CT molecular complexity index is 591. The Morgan fingerprint density at radius 1 is 1.22 bits per heavy atom. The summed E-state index contributed by atoms with van der Waals surface area (Å²) in [5.74, 6) is 0. The van der Waals surface area contributed by atoms with Gasteiger partial charge in [0.1, 0.15) is 0 Å². The number of aromatic nitrogens is 1. The molecule has 1 atom stereocenters. The van der Waals surface area contributed by atoms with Crippen molar-refractivity contribution in [2.45, 2.75) is 50.1 Å². The predicted octanol–water partition coefficient (Wildman–Crippen LogP) is 3.57. The maximum Gasteiger partial charge on any atom is 0.0337 e. The summed E-state index contributed by atoms with van der Waals surface area (Å²) in [7, 11) is 0. The molecule has 2 aromatic rings. The van der Waals surface area contributed by atoms with Crippen LogP contribution in [0.25, 0.3) is 0 Å². The highest BCUT2D eigenvalue weighted by atomic mass is 15.0. The fraction of sp³-hybridized carbons (Fsp3) is 0.450. The van der Waals surface area contributed by atoms with Crippen molar-refractivity contribution < 1.29 is 0 Å². The van der Waals surface area contributed by atoms with Gasteiger partial charge in [-0.2, -0.15) is 0 Å². The summed E-state index contributed by atoms with van der Waals surface area (Å²) in [4.78, 5) is 4.27. The standard InChI is InChI=1S/C20H27N3/c1-2-7-19(16-8-6-11-22-14-16)23-18-12-20(13-18,15-21)17-9-4-3-5-10-17/h3-6,8-11,14,18-19,23H,2,7,12-13,15,21H2,1H3. The third-order valence-electron chi connectivity index (χ3n) is 5.15. The highest BCUT2D eigenvalue weighted by molar-refractivity contribution is 5.30. The number of hydrogen-bond acceptors (Lipinski definition) is 3. The number of benzene rings is 1. The van der Waals surface area contributed by atoms with Gasteiger partial charge in [0.15, 0.2) is 0 Å². The lowest BCUT2D eigenvalue weighted by Gasteiger charge is -2.49. The number of rotatable bonds is 7. The molecule has 3 heteroatoms. The molecule has 1 unspecified atom stereocenters. The maximum atomic E-state index is 6.13. The third-order valence-corrected chi connectivity index (χ3v) is 5.15. The predicted molar refractivity (Wildman–Crippen MR) is 95.2 cm³/mol. The van der Waals surface area contributed by atoms with E-state index in [1.54, 1.807) is 0 Å². The van der Waals surface area contributed by atoms with Crippen molar-refractivity contribution in [1.82, 2.24) is 10.3 Å². The average molecular weight is 309 g/mol. The van der Waals surface area contributed by atoms with Gasteiger partial charge in [0, 0.05) is 36.4 Å². The van der Waals surface area contributed by atoms with Crippen LogP contribution in [-0.2, 0) is 5.41 Å². The molecule has 0 spiro atoms. The third kappa shape index (κ3) is 3.46. The van der Waals surface area contributed by atoms with Crippen molar-refractivity contribution in [2.75, 3.05) is 6.54 Å². The second kappa shape index (κ2) is 7.24. The molecule has 1 saturated carbocycles. The van der Waals surface area contributed by atoms with E-state index in [1.165, 1.54) is 17.5 Å². The number of nitrogens with one attached hydrogen (secondary N) is 1. The molecule has 1 heterocycles. The maximum absolute atomic E-state index is 6.13. The van der Waals surface area contributed by atoms with Gasteiger partial charge in [-0.3, -0.25) is 4.98 Å². The largest absolute Gasteiger partial charge is 0.330 e. The van der Waals surface area contributed by atoms with Crippen LogP contribution in [0.1, 0.15) is 49.8 Å². The van der Waals surface area contributed by atoms with E-state index in [9.17, 15) is 0 Å². The van der Waals surface area contributed by atoms with Gasteiger partial charge in [-0.25, -0.2) is 0 Å². The van der Waals surface area contributed by atoms with Crippen LogP contribution in [0.3, 0.4) is 0 Å². The van der Waals surface area contributed by atoms with E-state index in [1.807, 2.05) is 18.5 Å². The van der Waals surface area contributed by atoms with Crippen LogP contribution >= 0.6 is 0 Å². The molecule has 1 fully saturated rings. The van der Waals surface area contributed by atoms with E-state index in [0.29, 0.717) is 12.1 Å². The molecular weight excluding hydrogens is 282 g/mol. The minimum Gasteiger partial charge on any atom is -0.330 e. The molecule has 0 aliphatic heterocycles. The minimum absolute atomic E-state index is 0.157. The van der Waals surface area contributed by atoms with Crippen molar-refractivity contribution in [2.24, 2.45) is 5.73 Å². The van der Waals surface area contributed by atoms with Crippen LogP contribution in [0.5, 0.6) is 0 Å². The molecule has 3 nitrogen and oxygen atoms in total. The number of nitrogens with zero attached hydrogens (tertiary/aromatic N) is 1. The molecule has 0 amide bonds. The Labute approximate surface area is 139 Å². The lowest BCUT2D eigenvalue weighted by Crippen LogP contribution is -2.55. The van der Waals surface area contributed by atoms with Gasteiger partial charge < -0.3 is 11.1 Å². The summed E-state index contributed by atoms with van der Waals surface area (Å²) >= 11 is 0. The van der Waals surface area contributed by atoms with Crippen LogP contribution in [0.15, 0.2) is 54.9 Å². The Balaban J connectivity index is 1.66. The first kappa shape index (κ1) is 16.2. The van der Waals surface area contributed by atoms with Crippen molar-refractivity contribution in [3.8, 4) is 0 Å². The van der Waals surface area contributed by atoms with E-state index >= 15 is 0 Å². The number of pyridine rings is 1. The quantitative estimate of drug-likeness (QED) is 0.822. The van der Waals surface area contributed by atoms with Gasteiger partial charge in [-0.1, -0.05) is 49.7 Å². The molecular formula is C20H27N3. The van der Waals surface area contributed by atoms with Crippen molar-refractivity contribution in [1.29, 1.82) is 0 Å². The topological polar surface area (TPSA) is 50.9 Å². The number of nitrogens with two attached hydrogens (primary N) is 1. The zero-order valence-corrected chi connectivity index (χ0v) is 13.9. The SMILES string of the molecule is CCCC(NC1CC(CN)(c2ccccc2)C1)c1cccnc1. The molecule has 23 heavy (non-hydrogen) atoms. The van der Waals surface area contributed by atoms with Gasteiger partial charge in [-0.15, -0.1) is 0 Å². The molecule has 0 radical (unpaired) electrons. The summed E-state index contributed by atoms with van der Waals surface area (Å²) in [6.07, 6.45) is 8.37. The van der Waals surface area contributed by atoms with Crippen molar-refractivity contribution >= 4 is 0 Å². The second-order valence-electron chi connectivity index (χ2n) is 6.75. The van der Waals surface area contributed by atoms with Crippen LogP contribution in [0.2, 0.25) is 0 Å². The van der Waals surface area contributed by atoms with Crippen LogP contribution < -0.4 is 11.1 Å². The lowest BCUT2D eigenvalue weighted by atomic mass is 9.61. The normalized spacial score (nSPS) is 24.9. The second-order valence-corrected chi connectivity index (χ2v) is 6.75. The molecule has 0 saturated heterocycles. The highest BCUT2D eigenvalue weighted by Gasteiger charge is 2.44. The molecule has 3 rings (SSSR count). The first-order chi connectivity index (χ1) is 11.3. The van der Waals surface area contributed by atoms with E-state index in [-0.39, 0.29) is 5.41 Å². The van der Waals surface area contributed by atoms with Crippen LogP contribution in [-0.4, -0.2) is 17.6 Å². The zero-order chi connectivity index (χ0) is 16.1. The molecule has 0 bridgehead atoms. The fourth-order valence-electron chi connectivity index (χ4n) is 3.81. The first-order valence-corrected chi connectivity index (χ1v) is 8.69. The Morgan fingerprint density at radius 2 is 2.00 bits per heavy atom. The smallest absolute Gasteiger partial charge is 0.0337 e. The van der Waals surface area contributed by atoms with E-state index in [2.05, 4.69) is 53.6 Å². The van der Waals surface area contributed by atoms with Gasteiger partial charge in [0.2, 0.25) is 0 Å². The summed E-state index contributed by atoms with van der Waals surface area (Å²) in [5.41, 5.74) is 8.96. The molecule has 1 aliphatic carbocycles. The van der Waals surface area contributed by atoms with Gasteiger partial charge in [0.05, 0.1) is 0 Å². The molecule has 1 aromatic carbocycles. The summed E-state index contributed by atoms with van der Waals surface area (Å²) in [6.45, 7) is 2.96. The molecule has 1 aliphatic rings. The van der Waals surface area contributed by atoms with Gasteiger partial charge in [-0.05, 0) is 36.5 Å². The first-order valence-electron chi connectivity index (χ1n) is 8.69. The minimum atomic E-state index is 0.157. The molecule has 1 aromatic heterocycles. The fourth-order valence-corrected chi connectivity index (χ4v) is 3.81. The van der Waals surface area contributed by atoms with Crippen LogP contribution in [0, 0.1) is 0 Å².